The highest BCUT2D eigenvalue weighted by atomic mass is 19.1. The molecule has 4 aromatic rings. The summed E-state index contributed by atoms with van der Waals surface area (Å²) in [7, 11) is 0. The fourth-order valence-electron chi connectivity index (χ4n) is 4.95. The highest BCUT2D eigenvalue weighted by Gasteiger charge is 2.26. The number of nitrogens with one attached hydrogen (secondary N) is 1. The van der Waals surface area contributed by atoms with Gasteiger partial charge in [0.05, 0.1) is 21.8 Å². The second-order valence-corrected chi connectivity index (χ2v) is 11.8. The van der Waals surface area contributed by atoms with Crippen LogP contribution in [0.3, 0.4) is 0 Å². The number of ether oxygens (including phenoxy) is 2. The van der Waals surface area contributed by atoms with Crippen LogP contribution in [-0.2, 0) is 22.7 Å². The summed E-state index contributed by atoms with van der Waals surface area (Å²) in [6.07, 6.45) is 2.64. The predicted molar refractivity (Wildman–Crippen MR) is 160 cm³/mol. The molecule has 43 heavy (non-hydrogen) atoms. The number of nitro groups is 1. The summed E-state index contributed by atoms with van der Waals surface area (Å²) >= 11 is 0. The minimum atomic E-state index is -0.670. The maximum Gasteiger partial charge on any atom is 0.312 e. The van der Waals surface area contributed by atoms with Crippen molar-refractivity contribution in [2.75, 3.05) is 31.6 Å². The number of carbonyl (C=O) groups is 1. The van der Waals surface area contributed by atoms with Crippen LogP contribution in [0.1, 0.15) is 31.9 Å². The Labute approximate surface area is 248 Å². The Morgan fingerprint density at radius 3 is 2.65 bits per heavy atom. The second kappa shape index (κ2) is 12.3. The van der Waals surface area contributed by atoms with Gasteiger partial charge >= 0.3 is 5.97 Å². The molecule has 0 amide bonds. The first-order valence-electron chi connectivity index (χ1n) is 14.1. The lowest BCUT2D eigenvalue weighted by atomic mass is 9.91. The van der Waals surface area contributed by atoms with E-state index in [0.29, 0.717) is 23.5 Å². The molecule has 0 bridgehead atoms. The van der Waals surface area contributed by atoms with Gasteiger partial charge in [-0.3, -0.25) is 19.5 Å². The number of rotatable bonds is 11. The summed E-state index contributed by atoms with van der Waals surface area (Å²) < 4.78 is 25.8. The average molecular weight is 591 g/mol. The summed E-state index contributed by atoms with van der Waals surface area (Å²) in [5.41, 5.74) is 2.67. The number of nitro benzene ring substituents is 1. The van der Waals surface area contributed by atoms with E-state index in [1.807, 2.05) is 13.0 Å². The molecule has 226 valence electrons. The van der Waals surface area contributed by atoms with Gasteiger partial charge in [0, 0.05) is 37.6 Å². The maximum atomic E-state index is 12.6. The van der Waals surface area contributed by atoms with Gasteiger partial charge in [-0.15, -0.1) is 0 Å². The molecule has 1 N–H and O–H groups in total. The quantitative estimate of drug-likeness (QED) is 0.124. The topological polar surface area (TPSA) is 125 Å². The lowest BCUT2D eigenvalue weighted by Crippen LogP contribution is -2.48. The minimum absolute atomic E-state index is 0.0655. The smallest absolute Gasteiger partial charge is 0.312 e. The van der Waals surface area contributed by atoms with Gasteiger partial charge in [0.2, 0.25) is 11.8 Å². The van der Waals surface area contributed by atoms with Crippen molar-refractivity contribution in [3.05, 3.63) is 76.0 Å². The van der Waals surface area contributed by atoms with Crippen molar-refractivity contribution < 1.29 is 23.6 Å². The Morgan fingerprint density at radius 1 is 1.16 bits per heavy atom. The van der Waals surface area contributed by atoms with Crippen LogP contribution in [-0.4, -0.2) is 56.6 Å². The van der Waals surface area contributed by atoms with Crippen LogP contribution in [0.25, 0.3) is 11.0 Å². The minimum Gasteiger partial charge on any atom is -0.443 e. The molecule has 1 aliphatic heterocycles. The Morgan fingerprint density at radius 2 is 1.95 bits per heavy atom. The number of non-ortho nitro benzene ring substituents is 1. The molecular weight excluding hydrogens is 555 g/mol. The number of alkyl halides is 1. The molecule has 0 saturated carbocycles. The Bertz CT molecular complexity index is 1640. The maximum absolute atomic E-state index is 12.6. The third-order valence-electron chi connectivity index (χ3n) is 7.27. The van der Waals surface area contributed by atoms with E-state index in [2.05, 4.69) is 27.3 Å². The lowest BCUT2D eigenvalue weighted by Gasteiger charge is -2.38. The molecule has 2 aromatic heterocycles. The zero-order valence-electron chi connectivity index (χ0n) is 24.7. The van der Waals surface area contributed by atoms with E-state index in [9.17, 15) is 19.3 Å². The molecule has 11 nitrogen and oxygen atoms in total. The molecule has 1 aliphatic rings. The van der Waals surface area contributed by atoms with Crippen LogP contribution in [0.5, 0.6) is 11.6 Å². The van der Waals surface area contributed by atoms with Crippen LogP contribution in [0.4, 0.5) is 21.7 Å². The number of halogens is 1. The number of benzene rings is 2. The molecule has 0 spiro atoms. The van der Waals surface area contributed by atoms with E-state index in [0.717, 1.165) is 30.8 Å². The normalized spacial score (nSPS) is 14.0. The van der Waals surface area contributed by atoms with Crippen LogP contribution in [0.2, 0.25) is 0 Å². The van der Waals surface area contributed by atoms with Crippen LogP contribution in [0, 0.1) is 28.4 Å². The van der Waals surface area contributed by atoms with Crippen molar-refractivity contribution in [3.8, 4) is 11.6 Å². The summed E-state index contributed by atoms with van der Waals surface area (Å²) in [6, 6.07) is 13.7. The Kier molecular flexibility index (Phi) is 8.58. The van der Waals surface area contributed by atoms with Crippen molar-refractivity contribution >= 4 is 34.3 Å². The summed E-state index contributed by atoms with van der Waals surface area (Å²) in [5.74, 6) is 0.832. The van der Waals surface area contributed by atoms with Crippen LogP contribution in [0.15, 0.2) is 54.7 Å². The van der Waals surface area contributed by atoms with E-state index >= 15 is 0 Å². The molecule has 1 saturated heterocycles. The number of nitrogens with zero attached hydrogens (tertiary/aromatic N) is 5. The number of anilines is 2. The standard InChI is InChI=1S/C31H35FN6O5/c1-20-14-21(15-22-17-36(18-22)13-11-32)8-9-26(20)33-30-34-27-25(10-12-37(27)19-42-29(39)31(2,3)4)28(35-30)43-24-7-5-6-23(16-24)38(40)41/h5-10,12,14,16,22H,11,13,15,17-19H2,1-4H3,(H,33,34,35). The van der Waals surface area contributed by atoms with Gasteiger partial charge in [0.1, 0.15) is 12.4 Å². The SMILES string of the molecule is Cc1cc(CC2CN(CCF)C2)ccc1Nc1nc(Oc2cccc([N+](=O)[O-])c2)c2ccn(COC(=O)C(C)(C)C)c2n1. The van der Waals surface area contributed by atoms with Crippen LogP contribution >= 0.6 is 0 Å². The van der Waals surface area contributed by atoms with Crippen molar-refractivity contribution in [3.63, 3.8) is 0 Å². The Hall–Kier alpha value is -4.58. The lowest BCUT2D eigenvalue weighted by molar-refractivity contribution is -0.384. The van der Waals surface area contributed by atoms with Gasteiger partial charge in [-0.05, 0) is 69.4 Å². The highest BCUT2D eigenvalue weighted by Crippen LogP contribution is 2.32. The van der Waals surface area contributed by atoms with Gasteiger partial charge in [-0.2, -0.15) is 9.97 Å². The molecule has 1 fully saturated rings. The first-order valence-corrected chi connectivity index (χ1v) is 14.1. The van der Waals surface area contributed by atoms with Crippen LogP contribution < -0.4 is 10.1 Å². The third kappa shape index (κ3) is 7.08. The van der Waals surface area contributed by atoms with Gasteiger partial charge in [0.15, 0.2) is 12.4 Å². The largest absolute Gasteiger partial charge is 0.443 e. The van der Waals surface area contributed by atoms with E-state index < -0.39 is 10.3 Å². The number of fused-ring (bicyclic) bond motifs is 1. The van der Waals surface area contributed by atoms with Crippen molar-refractivity contribution in [1.29, 1.82) is 0 Å². The molecule has 0 atom stereocenters. The molecule has 0 radical (unpaired) electrons. The van der Waals surface area contributed by atoms with Gasteiger partial charge in [-0.1, -0.05) is 18.2 Å². The zero-order valence-corrected chi connectivity index (χ0v) is 24.7. The molecule has 12 heteroatoms. The summed E-state index contributed by atoms with van der Waals surface area (Å²) in [5, 5.41) is 15.1. The van der Waals surface area contributed by atoms with E-state index in [4.69, 9.17) is 14.5 Å². The number of likely N-dealkylation sites (tertiary alicyclic amines) is 1. The monoisotopic (exact) mass is 590 g/mol. The molecule has 0 unspecified atom stereocenters. The molecule has 2 aromatic carbocycles. The molecular formula is C31H35FN6O5. The zero-order chi connectivity index (χ0) is 30.7. The average Bonchev–Trinajstić information content (AvgIpc) is 3.34. The fraction of sp³-hybridized carbons (Fsp3) is 0.387. The van der Waals surface area contributed by atoms with E-state index in [-0.39, 0.29) is 42.6 Å². The number of carbonyl (C=O) groups excluding carboxylic acids is 1. The van der Waals surface area contributed by atoms with E-state index in [1.165, 1.54) is 23.8 Å². The number of hydrogen-bond donors (Lipinski definition) is 1. The van der Waals surface area contributed by atoms with Gasteiger partial charge < -0.3 is 19.7 Å². The van der Waals surface area contributed by atoms with Crippen molar-refractivity contribution in [1.82, 2.24) is 19.4 Å². The number of hydrogen-bond acceptors (Lipinski definition) is 9. The van der Waals surface area contributed by atoms with Gasteiger partial charge in [-0.25, -0.2) is 4.39 Å². The number of aryl methyl sites for hydroxylation is 1. The predicted octanol–water partition coefficient (Wildman–Crippen LogP) is 6.17. The first-order chi connectivity index (χ1) is 20.5. The molecule has 3 heterocycles. The highest BCUT2D eigenvalue weighted by molar-refractivity contribution is 5.84. The molecule has 5 rings (SSSR count). The third-order valence-corrected chi connectivity index (χ3v) is 7.27. The summed E-state index contributed by atoms with van der Waals surface area (Å²) in [4.78, 5) is 34.7. The van der Waals surface area contributed by atoms with Gasteiger partial charge in [0.25, 0.3) is 5.69 Å². The first kappa shape index (κ1) is 29.9. The fourth-order valence-corrected chi connectivity index (χ4v) is 4.95. The number of esters is 1. The molecule has 0 aliphatic carbocycles. The number of aromatic nitrogens is 3. The summed E-state index contributed by atoms with van der Waals surface area (Å²) in [6.45, 7) is 9.27. The Balaban J connectivity index is 1.42. The second-order valence-electron chi connectivity index (χ2n) is 11.8. The van der Waals surface area contributed by atoms with Crippen molar-refractivity contribution in [2.45, 2.75) is 40.8 Å². The van der Waals surface area contributed by atoms with E-state index in [1.54, 1.807) is 43.7 Å². The van der Waals surface area contributed by atoms with Crippen molar-refractivity contribution in [2.24, 2.45) is 11.3 Å².